The lowest BCUT2D eigenvalue weighted by atomic mass is 9.92. The second-order valence-corrected chi connectivity index (χ2v) is 7.09. The molecule has 1 aromatic rings. The molecule has 1 saturated heterocycles. The number of para-hydroxylation sites is 1. The van der Waals surface area contributed by atoms with Crippen LogP contribution >= 0.6 is 0 Å². The van der Waals surface area contributed by atoms with E-state index in [1.807, 2.05) is 0 Å². The monoisotopic (exact) mass is 344 g/mol. The van der Waals surface area contributed by atoms with Crippen molar-refractivity contribution in [3.05, 3.63) is 23.8 Å². The molecular formula is C18H20N2O5. The maximum absolute atomic E-state index is 13.0. The van der Waals surface area contributed by atoms with E-state index < -0.39 is 18.0 Å². The molecule has 1 unspecified atom stereocenters. The summed E-state index contributed by atoms with van der Waals surface area (Å²) in [5, 5.41) is 12.2. The third-order valence-electron chi connectivity index (χ3n) is 5.36. The topological polar surface area (TPSA) is 95.9 Å². The molecule has 2 amide bonds. The largest absolute Gasteiger partial charge is 0.481 e. The smallest absolute Gasteiger partial charge is 0.308 e. The Morgan fingerprint density at radius 3 is 2.72 bits per heavy atom. The summed E-state index contributed by atoms with van der Waals surface area (Å²) in [5.41, 5.74) is 0.839. The van der Waals surface area contributed by atoms with Gasteiger partial charge in [0.25, 0.3) is 11.8 Å². The fraction of sp³-hybridized carbons (Fsp3) is 0.500. The van der Waals surface area contributed by atoms with Crippen molar-refractivity contribution in [1.29, 1.82) is 0 Å². The number of fused-ring (bicyclic) bond motifs is 1. The van der Waals surface area contributed by atoms with Crippen LogP contribution in [-0.2, 0) is 9.59 Å². The van der Waals surface area contributed by atoms with Gasteiger partial charge in [0, 0.05) is 13.1 Å². The lowest BCUT2D eigenvalue weighted by Gasteiger charge is -2.26. The molecule has 1 aliphatic carbocycles. The van der Waals surface area contributed by atoms with Crippen LogP contribution in [0.15, 0.2) is 18.2 Å². The van der Waals surface area contributed by atoms with Crippen LogP contribution in [0, 0.1) is 17.8 Å². The first-order valence-corrected chi connectivity index (χ1v) is 8.58. The summed E-state index contributed by atoms with van der Waals surface area (Å²) < 4.78 is 5.64. The van der Waals surface area contributed by atoms with Crippen LogP contribution in [0.25, 0.3) is 0 Å². The predicted molar refractivity (Wildman–Crippen MR) is 88.4 cm³/mol. The first-order chi connectivity index (χ1) is 12.0. The number of benzene rings is 1. The van der Waals surface area contributed by atoms with E-state index in [1.165, 1.54) is 0 Å². The number of ether oxygens (including phenoxy) is 1. The molecule has 2 fully saturated rings. The number of carboxylic acid groups (broad SMARTS) is 1. The molecule has 2 heterocycles. The maximum atomic E-state index is 13.0. The Morgan fingerprint density at radius 1 is 1.28 bits per heavy atom. The van der Waals surface area contributed by atoms with Crippen molar-refractivity contribution in [2.24, 2.45) is 17.8 Å². The average Bonchev–Trinajstić information content (AvgIpc) is 3.33. The van der Waals surface area contributed by atoms with Gasteiger partial charge in [0.1, 0.15) is 0 Å². The second kappa shape index (κ2) is 5.75. The molecule has 1 aromatic carbocycles. The Morgan fingerprint density at radius 2 is 2.04 bits per heavy atom. The van der Waals surface area contributed by atoms with E-state index in [4.69, 9.17) is 4.74 Å². The van der Waals surface area contributed by atoms with Crippen molar-refractivity contribution in [3.63, 3.8) is 0 Å². The minimum Gasteiger partial charge on any atom is -0.481 e. The predicted octanol–water partition coefficient (Wildman–Crippen LogP) is 1.59. The molecule has 2 aliphatic heterocycles. The van der Waals surface area contributed by atoms with E-state index in [0.717, 1.165) is 12.8 Å². The molecule has 2 N–H and O–H groups in total. The van der Waals surface area contributed by atoms with Crippen molar-refractivity contribution >= 4 is 23.5 Å². The third kappa shape index (κ3) is 2.73. The number of anilines is 1. The van der Waals surface area contributed by atoms with E-state index in [1.54, 1.807) is 30.0 Å². The van der Waals surface area contributed by atoms with Crippen LogP contribution in [0.2, 0.25) is 0 Å². The molecule has 25 heavy (non-hydrogen) atoms. The van der Waals surface area contributed by atoms with Gasteiger partial charge in [-0.1, -0.05) is 6.07 Å². The molecule has 4 rings (SSSR count). The SMILES string of the molecule is CC1Oc2c(cccc2C(=O)N2C[C@H](C(=O)O)[C@@H](C3CC3)C2)NC1=O. The fourth-order valence-corrected chi connectivity index (χ4v) is 3.82. The minimum absolute atomic E-state index is 0.0283. The van der Waals surface area contributed by atoms with Gasteiger partial charge in [0.2, 0.25) is 0 Å². The zero-order valence-corrected chi connectivity index (χ0v) is 13.9. The Bertz CT molecular complexity index is 758. The number of rotatable bonds is 3. The molecule has 7 heteroatoms. The maximum Gasteiger partial charge on any atom is 0.308 e. The van der Waals surface area contributed by atoms with E-state index in [-0.39, 0.29) is 24.3 Å². The number of carbonyl (C=O) groups excluding carboxylic acids is 2. The van der Waals surface area contributed by atoms with Gasteiger partial charge < -0.3 is 20.1 Å². The molecule has 0 aromatic heterocycles. The van der Waals surface area contributed by atoms with Gasteiger partial charge in [0.15, 0.2) is 11.9 Å². The molecule has 0 spiro atoms. The molecule has 0 bridgehead atoms. The van der Waals surface area contributed by atoms with Crippen molar-refractivity contribution in [2.75, 3.05) is 18.4 Å². The number of likely N-dealkylation sites (tertiary alicyclic amines) is 1. The lowest BCUT2D eigenvalue weighted by Crippen LogP contribution is -2.36. The van der Waals surface area contributed by atoms with Crippen molar-refractivity contribution in [2.45, 2.75) is 25.9 Å². The van der Waals surface area contributed by atoms with E-state index in [2.05, 4.69) is 5.32 Å². The van der Waals surface area contributed by atoms with Crippen LogP contribution in [0.5, 0.6) is 5.75 Å². The number of hydrogen-bond donors (Lipinski definition) is 2. The van der Waals surface area contributed by atoms with Gasteiger partial charge >= 0.3 is 5.97 Å². The summed E-state index contributed by atoms with van der Waals surface area (Å²) in [4.78, 5) is 37.9. The number of carboxylic acids is 1. The quantitative estimate of drug-likeness (QED) is 0.868. The van der Waals surface area contributed by atoms with Crippen LogP contribution in [0.3, 0.4) is 0 Å². The summed E-state index contributed by atoms with van der Waals surface area (Å²) in [6.07, 6.45) is 1.42. The molecule has 3 atom stereocenters. The summed E-state index contributed by atoms with van der Waals surface area (Å²) >= 11 is 0. The summed E-state index contributed by atoms with van der Waals surface area (Å²) in [5.74, 6) is -1.02. The zero-order valence-electron chi connectivity index (χ0n) is 13.9. The van der Waals surface area contributed by atoms with Gasteiger partial charge in [-0.3, -0.25) is 14.4 Å². The number of nitrogens with zero attached hydrogens (tertiary/aromatic N) is 1. The molecule has 0 radical (unpaired) electrons. The fourth-order valence-electron chi connectivity index (χ4n) is 3.82. The molecule has 7 nitrogen and oxygen atoms in total. The van der Waals surface area contributed by atoms with Gasteiger partial charge in [-0.2, -0.15) is 0 Å². The molecule has 1 saturated carbocycles. The van der Waals surface area contributed by atoms with Crippen LogP contribution in [0.4, 0.5) is 5.69 Å². The number of amides is 2. The van der Waals surface area contributed by atoms with Gasteiger partial charge in [-0.05, 0) is 43.7 Å². The minimum atomic E-state index is -0.834. The molecular weight excluding hydrogens is 324 g/mol. The van der Waals surface area contributed by atoms with Gasteiger partial charge in [-0.15, -0.1) is 0 Å². The molecule has 132 valence electrons. The van der Waals surface area contributed by atoms with Crippen LogP contribution < -0.4 is 10.1 Å². The highest BCUT2D eigenvalue weighted by molar-refractivity contribution is 6.04. The van der Waals surface area contributed by atoms with Crippen molar-refractivity contribution in [1.82, 2.24) is 4.90 Å². The highest BCUT2D eigenvalue weighted by atomic mass is 16.5. The summed E-state index contributed by atoms with van der Waals surface area (Å²) in [7, 11) is 0. The van der Waals surface area contributed by atoms with Crippen molar-refractivity contribution < 1.29 is 24.2 Å². The normalized spacial score (nSPS) is 28.1. The van der Waals surface area contributed by atoms with Gasteiger partial charge in [-0.25, -0.2) is 0 Å². The lowest BCUT2D eigenvalue weighted by molar-refractivity contribution is -0.142. The molecule has 3 aliphatic rings. The Labute approximate surface area is 144 Å². The average molecular weight is 344 g/mol. The number of aliphatic carboxylic acids is 1. The number of hydrogen-bond acceptors (Lipinski definition) is 4. The second-order valence-electron chi connectivity index (χ2n) is 7.09. The van der Waals surface area contributed by atoms with E-state index in [9.17, 15) is 19.5 Å². The highest BCUT2D eigenvalue weighted by Gasteiger charge is 2.47. The first kappa shape index (κ1) is 15.9. The van der Waals surface area contributed by atoms with Crippen LogP contribution in [-0.4, -0.2) is 47.0 Å². The van der Waals surface area contributed by atoms with E-state index >= 15 is 0 Å². The highest BCUT2D eigenvalue weighted by Crippen LogP contribution is 2.45. The van der Waals surface area contributed by atoms with Gasteiger partial charge in [0.05, 0.1) is 17.2 Å². The Balaban J connectivity index is 1.61. The Hall–Kier alpha value is -2.57. The Kier molecular flexibility index (Phi) is 3.67. The van der Waals surface area contributed by atoms with E-state index in [0.29, 0.717) is 29.5 Å². The zero-order chi connectivity index (χ0) is 17.7. The summed E-state index contributed by atoms with van der Waals surface area (Å²) in [6.45, 7) is 2.31. The van der Waals surface area contributed by atoms with Crippen LogP contribution in [0.1, 0.15) is 30.1 Å². The first-order valence-electron chi connectivity index (χ1n) is 8.58. The third-order valence-corrected chi connectivity index (χ3v) is 5.36. The number of carbonyl (C=O) groups is 3. The summed E-state index contributed by atoms with van der Waals surface area (Å²) in [6, 6.07) is 5.04. The standard InChI is InChI=1S/C18H20N2O5/c1-9-16(21)19-14-4-2-3-11(15(14)25-9)17(22)20-7-12(10-5-6-10)13(8-20)18(23)24/h2-4,9-10,12-13H,5-8H2,1H3,(H,19,21)(H,23,24)/t9?,12-,13+/m1/s1. The van der Waals surface area contributed by atoms with Crippen molar-refractivity contribution in [3.8, 4) is 5.75 Å². The number of nitrogens with one attached hydrogen (secondary N) is 1.